The van der Waals surface area contributed by atoms with E-state index in [1.54, 1.807) is 26.0 Å². The van der Waals surface area contributed by atoms with Crippen LogP contribution in [0, 0.1) is 24.3 Å². The Hall–Kier alpha value is -3.04. The monoisotopic (exact) mass is 568 g/mol. The number of aromatic nitrogens is 6. The number of nitrogens with zero attached hydrogens (tertiary/aromatic N) is 6. The smallest absolute Gasteiger partial charge is 0.340 e. The fraction of sp³-hybridized carbons (Fsp3) is 0.238. The van der Waals surface area contributed by atoms with Crippen molar-refractivity contribution in [1.82, 2.24) is 29.5 Å². The molecule has 13 heteroatoms. The third-order valence-corrected chi connectivity index (χ3v) is 5.43. The normalized spacial score (nSPS) is 17.3. The van der Waals surface area contributed by atoms with Gasteiger partial charge in [-0.25, -0.2) is 10.2 Å². The summed E-state index contributed by atoms with van der Waals surface area (Å²) in [7, 11) is 0. The fourth-order valence-corrected chi connectivity index (χ4v) is 3.47. The Morgan fingerprint density at radius 3 is 1.47 bits per heavy atom. The maximum absolute atomic E-state index is 14.9. The van der Waals surface area contributed by atoms with E-state index >= 15 is 0 Å². The van der Waals surface area contributed by atoms with Crippen molar-refractivity contribution in [2.45, 2.75) is 31.1 Å². The van der Waals surface area contributed by atoms with Gasteiger partial charge in [0.1, 0.15) is 11.9 Å². The van der Waals surface area contributed by atoms with Crippen LogP contribution in [0.2, 0.25) is 0 Å². The molecule has 0 atom stereocenters. The molecule has 5 heterocycles. The average molecular weight is 569 g/mol. The Morgan fingerprint density at radius 2 is 1.09 bits per heavy atom. The predicted octanol–water partition coefficient (Wildman–Crippen LogP) is 4.25. The van der Waals surface area contributed by atoms with Crippen LogP contribution in [-0.4, -0.2) is 29.5 Å². The predicted molar refractivity (Wildman–Crippen MR) is 100 cm³/mol. The number of hydrogen-bond acceptors (Lipinski definition) is 4. The van der Waals surface area contributed by atoms with Crippen molar-refractivity contribution >= 4 is 0 Å². The largest absolute Gasteiger partial charge is 2.00 e. The summed E-state index contributed by atoms with van der Waals surface area (Å²) in [6.45, 7) is 3.51. The SMILES string of the molecule is CC1(C)c2cccc(n2)-n2[c-]c(c(F)n2)C(F)(F)C(F)(F)c2[c-]n(nc2F)-c2cccc1n2.[Pd+2]. The molecule has 1 aliphatic heterocycles. The Kier molecular flexibility index (Phi) is 5.49. The van der Waals surface area contributed by atoms with E-state index in [1.165, 1.54) is 24.3 Å². The summed E-state index contributed by atoms with van der Waals surface area (Å²) in [4.78, 5) is 8.66. The Balaban J connectivity index is 0.00000274. The maximum atomic E-state index is 14.9. The summed E-state index contributed by atoms with van der Waals surface area (Å²) in [6.07, 6.45) is 3.64. The molecule has 0 N–H and O–H groups in total. The summed E-state index contributed by atoms with van der Waals surface area (Å²) in [5.41, 5.74) is -3.83. The van der Waals surface area contributed by atoms with Crippen molar-refractivity contribution in [2.75, 3.05) is 0 Å². The van der Waals surface area contributed by atoms with Crippen LogP contribution in [0.4, 0.5) is 26.3 Å². The fourth-order valence-electron chi connectivity index (χ4n) is 3.47. The minimum absolute atomic E-state index is 0. The number of rotatable bonds is 0. The average Bonchev–Trinajstić information content (AvgIpc) is 3.37. The van der Waals surface area contributed by atoms with Crippen LogP contribution in [0.3, 0.4) is 0 Å². The Labute approximate surface area is 202 Å². The molecule has 4 aromatic rings. The van der Waals surface area contributed by atoms with Gasteiger partial charge in [0.25, 0.3) is 0 Å². The molecule has 8 bridgehead atoms. The molecule has 6 nitrogen and oxygen atoms in total. The molecule has 178 valence electrons. The number of pyridine rings is 2. The minimum Gasteiger partial charge on any atom is -0.340 e. The van der Waals surface area contributed by atoms with Gasteiger partial charge in [0.15, 0.2) is 0 Å². The molecule has 0 saturated carbocycles. The maximum Gasteiger partial charge on any atom is 2.00 e. The number of hydrogen-bond donors (Lipinski definition) is 0. The minimum atomic E-state index is -5.24. The van der Waals surface area contributed by atoms with Crippen molar-refractivity contribution in [3.63, 3.8) is 0 Å². The molecule has 4 aromatic heterocycles. The first-order valence-corrected chi connectivity index (χ1v) is 9.51. The van der Waals surface area contributed by atoms with Crippen LogP contribution >= 0.6 is 0 Å². The van der Waals surface area contributed by atoms with Crippen molar-refractivity contribution in [1.29, 1.82) is 0 Å². The summed E-state index contributed by atoms with van der Waals surface area (Å²) >= 11 is 0. The molecule has 0 saturated heterocycles. The second kappa shape index (κ2) is 7.75. The van der Waals surface area contributed by atoms with Crippen LogP contribution in [0.5, 0.6) is 0 Å². The number of halogens is 6. The van der Waals surface area contributed by atoms with E-state index in [0.29, 0.717) is 20.8 Å². The van der Waals surface area contributed by atoms with Crippen molar-refractivity contribution < 1.29 is 46.8 Å². The molecular weight excluding hydrogens is 557 g/mol. The first-order valence-electron chi connectivity index (χ1n) is 9.51. The van der Waals surface area contributed by atoms with E-state index < -0.39 is 40.3 Å². The Morgan fingerprint density at radius 1 is 0.706 bits per heavy atom. The van der Waals surface area contributed by atoms with Gasteiger partial charge < -0.3 is 9.36 Å². The molecular formula is C21H12F6N6Pd. The third kappa shape index (κ3) is 3.37. The van der Waals surface area contributed by atoms with Gasteiger partial charge >= 0.3 is 32.3 Å². The van der Waals surface area contributed by atoms with Gasteiger partial charge in [-0.05, 0) is 37.1 Å². The quantitative estimate of drug-likeness (QED) is 0.181. The molecule has 0 amide bonds. The second-order valence-corrected chi connectivity index (χ2v) is 7.91. The Bertz CT molecular complexity index is 1290. The zero-order chi connectivity index (χ0) is 23.8. The van der Waals surface area contributed by atoms with Gasteiger partial charge in [0.2, 0.25) is 0 Å². The molecule has 34 heavy (non-hydrogen) atoms. The summed E-state index contributed by atoms with van der Waals surface area (Å²) in [5, 5.41) is 6.50. The molecule has 0 fully saturated rings. The molecule has 0 unspecified atom stereocenters. The van der Waals surface area contributed by atoms with E-state index in [2.05, 4.69) is 20.2 Å². The first kappa shape index (κ1) is 24.1. The summed E-state index contributed by atoms with van der Waals surface area (Å²) in [6, 6.07) is 8.92. The van der Waals surface area contributed by atoms with Crippen molar-refractivity contribution in [3.8, 4) is 11.6 Å². The van der Waals surface area contributed by atoms with Gasteiger partial charge in [-0.3, -0.25) is 18.7 Å². The summed E-state index contributed by atoms with van der Waals surface area (Å²) in [5.74, 6) is -14.6. The van der Waals surface area contributed by atoms with Gasteiger partial charge in [-0.2, -0.15) is 17.6 Å². The van der Waals surface area contributed by atoms with Crippen molar-refractivity contribution in [2.24, 2.45) is 0 Å². The number of alkyl halides is 4. The third-order valence-electron chi connectivity index (χ3n) is 5.43. The van der Waals surface area contributed by atoms with E-state index in [1.807, 2.05) is 12.4 Å². The molecule has 5 rings (SSSR count). The van der Waals surface area contributed by atoms with E-state index in [9.17, 15) is 26.3 Å². The van der Waals surface area contributed by atoms with E-state index in [0.717, 1.165) is 0 Å². The van der Waals surface area contributed by atoms with Crippen LogP contribution in [0.15, 0.2) is 36.4 Å². The summed E-state index contributed by atoms with van der Waals surface area (Å²) < 4.78 is 89.3. The van der Waals surface area contributed by atoms with Gasteiger partial charge in [-0.15, -0.1) is 0 Å². The van der Waals surface area contributed by atoms with Gasteiger partial charge in [-0.1, -0.05) is 36.7 Å². The molecule has 0 radical (unpaired) electrons. The van der Waals surface area contributed by atoms with Crippen LogP contribution in [0.1, 0.15) is 36.4 Å². The standard InChI is InChI=1S/C21H12F6N6.Pd/c1-19(2)13-5-3-7-15(28-13)32-9-11(17(22)30-32)20(24,25)21(26,27)12-10-33(31-18(12)23)16-8-4-6-14(19)29-16;/h3-8H,1-2H3;/q-2;+2. The first-order chi connectivity index (χ1) is 15.4. The molecule has 0 spiro atoms. The van der Waals surface area contributed by atoms with Gasteiger partial charge in [0.05, 0.1) is 11.6 Å². The zero-order valence-corrected chi connectivity index (χ0v) is 18.8. The van der Waals surface area contributed by atoms with Crippen molar-refractivity contribution in [3.05, 3.63) is 83.2 Å². The van der Waals surface area contributed by atoms with Crippen LogP contribution < -0.4 is 0 Å². The number of fused-ring (bicyclic) bond motifs is 10. The molecule has 1 aliphatic rings. The molecule has 0 aliphatic carbocycles. The van der Waals surface area contributed by atoms with Gasteiger partial charge in [0, 0.05) is 16.8 Å². The van der Waals surface area contributed by atoms with E-state index in [-0.39, 0.29) is 32.1 Å². The second-order valence-electron chi connectivity index (χ2n) is 7.91. The zero-order valence-electron chi connectivity index (χ0n) is 17.2. The van der Waals surface area contributed by atoms with Crippen LogP contribution in [-0.2, 0) is 37.7 Å². The molecule has 0 aromatic carbocycles. The topological polar surface area (TPSA) is 61.4 Å². The van der Waals surface area contributed by atoms with Crippen LogP contribution in [0.25, 0.3) is 11.6 Å². The van der Waals surface area contributed by atoms with E-state index in [4.69, 9.17) is 0 Å².